The van der Waals surface area contributed by atoms with Crippen LogP contribution in [0.1, 0.15) is 0 Å². The van der Waals surface area contributed by atoms with Gasteiger partial charge in [0.05, 0.1) is 11.0 Å². The standard InChI is InChI=1S/C13H7N5/c1-3-8-10(14-5-1)11-9(4-2-6-15-11)13-12(8)16-7-17-18-13/h1-7H. The van der Waals surface area contributed by atoms with Gasteiger partial charge < -0.3 is 0 Å². The second-order valence-corrected chi connectivity index (χ2v) is 3.96. The molecule has 0 radical (unpaired) electrons. The Kier molecular flexibility index (Phi) is 1.77. The van der Waals surface area contributed by atoms with E-state index in [1.165, 1.54) is 6.33 Å². The maximum atomic E-state index is 4.41. The first-order chi connectivity index (χ1) is 8.95. The summed E-state index contributed by atoms with van der Waals surface area (Å²) in [6, 6.07) is 7.71. The molecule has 18 heavy (non-hydrogen) atoms. The molecular weight excluding hydrogens is 226 g/mol. The number of nitrogens with zero attached hydrogens (tertiary/aromatic N) is 5. The highest BCUT2D eigenvalue weighted by molar-refractivity contribution is 6.20. The van der Waals surface area contributed by atoms with Crippen molar-refractivity contribution in [3.63, 3.8) is 0 Å². The smallest absolute Gasteiger partial charge is 0.138 e. The van der Waals surface area contributed by atoms with Gasteiger partial charge in [0.25, 0.3) is 0 Å². The summed E-state index contributed by atoms with van der Waals surface area (Å²) in [5, 5.41) is 9.92. The van der Waals surface area contributed by atoms with Crippen LogP contribution in [0.5, 0.6) is 0 Å². The highest BCUT2D eigenvalue weighted by Crippen LogP contribution is 2.29. The van der Waals surface area contributed by atoms with E-state index in [2.05, 4.69) is 25.1 Å². The Balaban J connectivity index is 2.46. The number of hydrogen-bond acceptors (Lipinski definition) is 5. The van der Waals surface area contributed by atoms with E-state index in [1.54, 1.807) is 12.4 Å². The van der Waals surface area contributed by atoms with Crippen LogP contribution < -0.4 is 0 Å². The predicted molar refractivity (Wildman–Crippen MR) is 67.9 cm³/mol. The molecule has 0 aliphatic rings. The normalized spacial score (nSPS) is 11.3. The van der Waals surface area contributed by atoms with E-state index in [0.29, 0.717) is 0 Å². The zero-order valence-electron chi connectivity index (χ0n) is 9.28. The van der Waals surface area contributed by atoms with E-state index < -0.39 is 0 Å². The summed E-state index contributed by atoms with van der Waals surface area (Å²) < 4.78 is 0. The minimum absolute atomic E-state index is 0.765. The fourth-order valence-corrected chi connectivity index (χ4v) is 2.22. The Hall–Kier alpha value is -2.69. The van der Waals surface area contributed by atoms with Gasteiger partial charge in [-0.25, -0.2) is 4.98 Å². The molecule has 3 aromatic heterocycles. The Labute approximate surface area is 102 Å². The number of fused-ring (bicyclic) bond motifs is 6. The molecule has 0 aliphatic carbocycles. The van der Waals surface area contributed by atoms with Crippen LogP contribution in [-0.2, 0) is 0 Å². The molecule has 0 N–H and O–H groups in total. The summed E-state index contributed by atoms with van der Waals surface area (Å²) in [6.45, 7) is 0. The van der Waals surface area contributed by atoms with Gasteiger partial charge in [-0.05, 0) is 24.3 Å². The molecule has 0 atom stereocenters. The summed E-state index contributed by atoms with van der Waals surface area (Å²) in [6.07, 6.45) is 4.97. The molecule has 5 heteroatoms. The second kappa shape index (κ2) is 3.40. The average Bonchev–Trinajstić information content (AvgIpc) is 2.48. The summed E-state index contributed by atoms with van der Waals surface area (Å²) in [4.78, 5) is 13.1. The van der Waals surface area contributed by atoms with E-state index in [0.717, 1.165) is 32.8 Å². The van der Waals surface area contributed by atoms with E-state index in [4.69, 9.17) is 0 Å². The Morgan fingerprint density at radius 3 is 2.00 bits per heavy atom. The number of pyridine rings is 2. The topological polar surface area (TPSA) is 64.5 Å². The van der Waals surface area contributed by atoms with Crippen LogP contribution in [0.15, 0.2) is 43.0 Å². The van der Waals surface area contributed by atoms with Crippen LogP contribution in [0.3, 0.4) is 0 Å². The molecule has 0 saturated heterocycles. The van der Waals surface area contributed by atoms with Crippen molar-refractivity contribution in [3.8, 4) is 0 Å². The number of benzene rings is 1. The second-order valence-electron chi connectivity index (χ2n) is 3.96. The average molecular weight is 233 g/mol. The first-order valence-electron chi connectivity index (χ1n) is 5.54. The molecule has 5 nitrogen and oxygen atoms in total. The van der Waals surface area contributed by atoms with Crippen LogP contribution in [0.25, 0.3) is 32.8 Å². The summed E-state index contributed by atoms with van der Waals surface area (Å²) in [5.74, 6) is 0. The monoisotopic (exact) mass is 233 g/mol. The molecule has 0 spiro atoms. The molecule has 4 aromatic rings. The van der Waals surface area contributed by atoms with E-state index in [1.807, 2.05) is 24.3 Å². The van der Waals surface area contributed by atoms with Crippen molar-refractivity contribution < 1.29 is 0 Å². The lowest BCUT2D eigenvalue weighted by Crippen LogP contribution is -1.93. The van der Waals surface area contributed by atoms with Gasteiger partial charge >= 0.3 is 0 Å². The number of aromatic nitrogens is 5. The van der Waals surface area contributed by atoms with Crippen molar-refractivity contribution in [1.29, 1.82) is 0 Å². The molecule has 4 rings (SSSR count). The van der Waals surface area contributed by atoms with Crippen molar-refractivity contribution in [2.24, 2.45) is 0 Å². The Bertz CT molecular complexity index is 667. The fraction of sp³-hybridized carbons (Fsp3) is 0. The fourth-order valence-electron chi connectivity index (χ4n) is 2.22. The molecule has 0 amide bonds. The van der Waals surface area contributed by atoms with Crippen molar-refractivity contribution >= 4 is 32.8 Å². The third kappa shape index (κ3) is 1.13. The van der Waals surface area contributed by atoms with Gasteiger partial charge in [-0.2, -0.15) is 0 Å². The van der Waals surface area contributed by atoms with Crippen molar-refractivity contribution in [1.82, 2.24) is 25.1 Å². The summed E-state index contributed by atoms with van der Waals surface area (Å²) in [7, 11) is 0. The molecule has 0 aliphatic heterocycles. The third-order valence-electron chi connectivity index (χ3n) is 2.97. The highest BCUT2D eigenvalue weighted by Gasteiger charge is 2.11. The number of rotatable bonds is 0. The van der Waals surface area contributed by atoms with Crippen LogP contribution in [-0.4, -0.2) is 25.1 Å². The summed E-state index contributed by atoms with van der Waals surface area (Å²) in [5.41, 5.74) is 3.26. The zero-order valence-corrected chi connectivity index (χ0v) is 9.28. The maximum Gasteiger partial charge on any atom is 0.138 e. The SMILES string of the molecule is c1cnc2c(c1)c1ncnnc1c1cccnc12. The molecule has 0 unspecified atom stereocenters. The highest BCUT2D eigenvalue weighted by atomic mass is 15.1. The quantitative estimate of drug-likeness (QED) is 0.435. The Morgan fingerprint density at radius 2 is 1.28 bits per heavy atom. The van der Waals surface area contributed by atoms with Crippen LogP contribution in [0.4, 0.5) is 0 Å². The molecule has 0 saturated carbocycles. The van der Waals surface area contributed by atoms with Crippen LogP contribution in [0.2, 0.25) is 0 Å². The first kappa shape index (κ1) is 9.35. The van der Waals surface area contributed by atoms with Gasteiger partial charge in [-0.1, -0.05) is 0 Å². The maximum absolute atomic E-state index is 4.41. The lowest BCUT2D eigenvalue weighted by Gasteiger charge is -2.05. The van der Waals surface area contributed by atoms with E-state index in [-0.39, 0.29) is 0 Å². The minimum Gasteiger partial charge on any atom is -0.254 e. The molecule has 3 heterocycles. The van der Waals surface area contributed by atoms with E-state index in [9.17, 15) is 0 Å². The third-order valence-corrected chi connectivity index (χ3v) is 2.97. The van der Waals surface area contributed by atoms with Gasteiger partial charge in [0, 0.05) is 23.2 Å². The predicted octanol–water partition coefficient (Wildman–Crippen LogP) is 2.12. The van der Waals surface area contributed by atoms with E-state index >= 15 is 0 Å². The lowest BCUT2D eigenvalue weighted by atomic mass is 10.1. The molecular formula is C13H7N5. The van der Waals surface area contributed by atoms with Gasteiger partial charge in [0.2, 0.25) is 0 Å². The van der Waals surface area contributed by atoms with Crippen LogP contribution in [0, 0.1) is 0 Å². The van der Waals surface area contributed by atoms with Gasteiger partial charge in [0.15, 0.2) is 0 Å². The first-order valence-corrected chi connectivity index (χ1v) is 5.54. The van der Waals surface area contributed by atoms with Crippen LogP contribution >= 0.6 is 0 Å². The Morgan fingerprint density at radius 1 is 0.667 bits per heavy atom. The van der Waals surface area contributed by atoms with Crippen molar-refractivity contribution in [2.75, 3.05) is 0 Å². The molecule has 1 aromatic carbocycles. The molecule has 84 valence electrons. The largest absolute Gasteiger partial charge is 0.254 e. The minimum atomic E-state index is 0.765. The zero-order chi connectivity index (χ0) is 11.9. The van der Waals surface area contributed by atoms with Crippen molar-refractivity contribution in [3.05, 3.63) is 43.0 Å². The van der Waals surface area contributed by atoms with Gasteiger partial charge in [-0.15, -0.1) is 10.2 Å². The molecule has 0 fully saturated rings. The van der Waals surface area contributed by atoms with Gasteiger partial charge in [0.1, 0.15) is 17.4 Å². The lowest BCUT2D eigenvalue weighted by molar-refractivity contribution is 1.03. The molecule has 0 bridgehead atoms. The summed E-state index contributed by atoms with van der Waals surface area (Å²) >= 11 is 0. The van der Waals surface area contributed by atoms with Gasteiger partial charge in [-0.3, -0.25) is 9.97 Å². The van der Waals surface area contributed by atoms with Crippen molar-refractivity contribution in [2.45, 2.75) is 0 Å². The number of hydrogen-bond donors (Lipinski definition) is 0.